The first-order chi connectivity index (χ1) is 16.3. The second-order valence-electron chi connectivity index (χ2n) is 6.37. The van der Waals surface area contributed by atoms with Crippen molar-refractivity contribution in [1.29, 1.82) is 0 Å². The monoisotopic (exact) mass is 468 g/mol. The average Bonchev–Trinajstić information content (AvgIpc) is 2.80. The molecule has 12 heteroatoms. The molecule has 0 amide bonds. The van der Waals surface area contributed by atoms with E-state index in [0.29, 0.717) is 0 Å². The molecule has 0 spiro atoms. The van der Waals surface area contributed by atoms with Gasteiger partial charge in [-0.25, -0.2) is 14.4 Å². The molecule has 2 aromatic carbocycles. The molecule has 1 N–H and O–H groups in total. The molecule has 0 aromatic heterocycles. The zero-order valence-corrected chi connectivity index (χ0v) is 17.3. The lowest BCUT2D eigenvalue weighted by Gasteiger charge is -2.16. The van der Waals surface area contributed by atoms with E-state index in [1.807, 2.05) is 0 Å². The summed E-state index contributed by atoms with van der Waals surface area (Å²) in [7, 11) is 0. The number of nitrogens with zero attached hydrogens (tertiary/aromatic N) is 2. The Morgan fingerprint density at radius 2 is 1.26 bits per heavy atom. The predicted molar refractivity (Wildman–Crippen MR) is 111 cm³/mol. The van der Waals surface area contributed by atoms with Crippen molar-refractivity contribution in [3.05, 3.63) is 48.5 Å². The molecule has 34 heavy (non-hydrogen) atoms. The van der Waals surface area contributed by atoms with Gasteiger partial charge in [0.2, 0.25) is 18.3 Å². The van der Waals surface area contributed by atoms with Crippen LogP contribution >= 0.6 is 0 Å². The number of benzene rings is 2. The fraction of sp³-hybridized carbons (Fsp3) is 0.182. The Morgan fingerprint density at radius 1 is 0.765 bits per heavy atom. The van der Waals surface area contributed by atoms with Gasteiger partial charge < -0.3 is 19.3 Å². The van der Waals surface area contributed by atoms with Crippen LogP contribution < -0.4 is 9.47 Å². The first-order valence-electron chi connectivity index (χ1n) is 9.50. The second kappa shape index (κ2) is 12.8. The Hall–Kier alpha value is -4.92. The SMILES string of the molecule is O=C=Nc1ccc(OC(=O)CC(OC(=O)CCC(=O)O)C(=O)Oc2ccc(N=C=O)cc2)cc1. The first-order valence-corrected chi connectivity index (χ1v) is 9.50. The van der Waals surface area contributed by atoms with Gasteiger partial charge in [0.05, 0.1) is 30.6 Å². The van der Waals surface area contributed by atoms with E-state index in [1.165, 1.54) is 60.7 Å². The number of rotatable bonds is 11. The van der Waals surface area contributed by atoms with E-state index in [2.05, 4.69) is 9.98 Å². The highest BCUT2D eigenvalue weighted by Gasteiger charge is 2.29. The van der Waals surface area contributed by atoms with Gasteiger partial charge in [0, 0.05) is 0 Å². The minimum atomic E-state index is -1.74. The summed E-state index contributed by atoms with van der Waals surface area (Å²) >= 11 is 0. The Kier molecular flexibility index (Phi) is 9.55. The van der Waals surface area contributed by atoms with E-state index in [9.17, 15) is 28.8 Å². The molecule has 1 unspecified atom stereocenters. The fourth-order valence-corrected chi connectivity index (χ4v) is 2.39. The Bertz CT molecular complexity index is 1150. The maximum atomic E-state index is 12.5. The maximum absolute atomic E-state index is 12.5. The summed E-state index contributed by atoms with van der Waals surface area (Å²) in [6.07, 6.45) is -0.846. The summed E-state index contributed by atoms with van der Waals surface area (Å²) in [5.41, 5.74) is 0.522. The van der Waals surface area contributed by atoms with Crippen LogP contribution in [0.3, 0.4) is 0 Å². The largest absolute Gasteiger partial charge is 0.481 e. The molecule has 2 rings (SSSR count). The van der Waals surface area contributed by atoms with Crippen molar-refractivity contribution in [2.24, 2.45) is 9.98 Å². The summed E-state index contributed by atoms with van der Waals surface area (Å²) in [6.45, 7) is 0. The Balaban J connectivity index is 2.10. The van der Waals surface area contributed by atoms with E-state index in [1.54, 1.807) is 0 Å². The topological polar surface area (TPSA) is 175 Å². The number of esters is 3. The molecule has 2 aromatic rings. The van der Waals surface area contributed by atoms with E-state index in [4.69, 9.17) is 19.3 Å². The standard InChI is InChI=1S/C22H16N2O10/c25-12-23-14-1-5-16(6-2-14)32-21(30)11-18(34-20(29)10-9-19(27)28)22(31)33-17-7-3-15(4-8-17)24-13-26/h1-8,18H,9-11H2,(H,27,28). The Labute approximate surface area is 191 Å². The lowest BCUT2D eigenvalue weighted by atomic mass is 10.2. The molecule has 0 aliphatic carbocycles. The van der Waals surface area contributed by atoms with E-state index in [0.717, 1.165) is 0 Å². The van der Waals surface area contributed by atoms with Crippen molar-refractivity contribution in [1.82, 2.24) is 0 Å². The van der Waals surface area contributed by atoms with Gasteiger partial charge in [0.25, 0.3) is 0 Å². The van der Waals surface area contributed by atoms with Crippen LogP contribution in [0.25, 0.3) is 0 Å². The van der Waals surface area contributed by atoms with Gasteiger partial charge in [0.1, 0.15) is 11.5 Å². The summed E-state index contributed by atoms with van der Waals surface area (Å²) < 4.78 is 15.1. The van der Waals surface area contributed by atoms with Crippen LogP contribution in [0, 0.1) is 0 Å². The first kappa shape index (κ1) is 25.3. The summed E-state index contributed by atoms with van der Waals surface area (Å²) in [5.74, 6) is -4.32. The van der Waals surface area contributed by atoms with Crippen molar-refractivity contribution >= 4 is 47.4 Å². The molecule has 0 saturated carbocycles. The third-order valence-electron chi connectivity index (χ3n) is 3.90. The zero-order chi connectivity index (χ0) is 24.9. The highest BCUT2D eigenvalue weighted by atomic mass is 16.6. The van der Waals surface area contributed by atoms with Gasteiger partial charge in [-0.1, -0.05) is 0 Å². The molecule has 0 saturated heterocycles. The molecular weight excluding hydrogens is 452 g/mol. The zero-order valence-electron chi connectivity index (χ0n) is 17.3. The lowest BCUT2D eigenvalue weighted by molar-refractivity contribution is -0.166. The van der Waals surface area contributed by atoms with Gasteiger partial charge in [-0.2, -0.15) is 9.98 Å². The van der Waals surface area contributed by atoms with Crippen molar-refractivity contribution in [2.75, 3.05) is 0 Å². The molecule has 174 valence electrons. The van der Waals surface area contributed by atoms with Crippen LogP contribution in [0.4, 0.5) is 11.4 Å². The molecule has 0 aliphatic heterocycles. The molecule has 0 aliphatic rings. The lowest BCUT2D eigenvalue weighted by Crippen LogP contribution is -2.34. The molecule has 0 heterocycles. The summed E-state index contributed by atoms with van der Waals surface area (Å²) in [4.78, 5) is 74.7. The molecule has 0 fully saturated rings. The molecule has 0 radical (unpaired) electrons. The number of hydrogen-bond acceptors (Lipinski definition) is 11. The number of carboxylic acids is 1. The van der Waals surface area contributed by atoms with E-state index < -0.39 is 49.2 Å². The van der Waals surface area contributed by atoms with Gasteiger partial charge in [-0.3, -0.25) is 14.4 Å². The minimum Gasteiger partial charge on any atom is -0.481 e. The van der Waals surface area contributed by atoms with Crippen LogP contribution in [0.2, 0.25) is 0 Å². The number of isocyanates is 2. The number of carbonyl (C=O) groups excluding carboxylic acids is 5. The average molecular weight is 468 g/mol. The van der Waals surface area contributed by atoms with Gasteiger partial charge in [-0.05, 0) is 48.5 Å². The maximum Gasteiger partial charge on any atom is 0.353 e. The third-order valence-corrected chi connectivity index (χ3v) is 3.90. The summed E-state index contributed by atoms with van der Waals surface area (Å²) in [5, 5.41) is 8.69. The van der Waals surface area contributed by atoms with Crippen molar-refractivity contribution in [3.63, 3.8) is 0 Å². The number of aliphatic carboxylic acids is 1. The molecular formula is C22H16N2O10. The van der Waals surface area contributed by atoms with Crippen LogP contribution in [0.5, 0.6) is 11.5 Å². The van der Waals surface area contributed by atoms with Gasteiger partial charge in [-0.15, -0.1) is 0 Å². The van der Waals surface area contributed by atoms with Gasteiger partial charge in [0.15, 0.2) is 0 Å². The van der Waals surface area contributed by atoms with Crippen molar-refractivity contribution in [3.8, 4) is 11.5 Å². The van der Waals surface area contributed by atoms with Crippen LogP contribution in [0.15, 0.2) is 58.5 Å². The second-order valence-corrected chi connectivity index (χ2v) is 6.37. The van der Waals surface area contributed by atoms with Crippen LogP contribution in [-0.4, -0.2) is 47.2 Å². The van der Waals surface area contributed by atoms with Crippen molar-refractivity contribution in [2.45, 2.75) is 25.4 Å². The van der Waals surface area contributed by atoms with Crippen LogP contribution in [0.1, 0.15) is 19.3 Å². The fourth-order valence-electron chi connectivity index (χ4n) is 2.39. The smallest absolute Gasteiger partial charge is 0.353 e. The number of ether oxygens (including phenoxy) is 3. The van der Waals surface area contributed by atoms with Crippen LogP contribution in [-0.2, 0) is 33.5 Å². The highest BCUT2D eigenvalue weighted by Crippen LogP contribution is 2.20. The number of hydrogen-bond donors (Lipinski definition) is 1. The molecule has 0 bridgehead atoms. The predicted octanol–water partition coefficient (Wildman–Crippen LogP) is 2.30. The summed E-state index contributed by atoms with van der Waals surface area (Å²) in [6, 6.07) is 10.8. The quantitative estimate of drug-likeness (QED) is 0.223. The minimum absolute atomic E-state index is 0.00104. The third kappa shape index (κ3) is 8.67. The number of aliphatic imine (C=N–C) groups is 2. The Morgan fingerprint density at radius 3 is 1.74 bits per heavy atom. The van der Waals surface area contributed by atoms with Gasteiger partial charge >= 0.3 is 23.9 Å². The molecule has 1 atom stereocenters. The van der Waals surface area contributed by atoms with E-state index >= 15 is 0 Å². The van der Waals surface area contributed by atoms with E-state index in [-0.39, 0.29) is 22.9 Å². The highest BCUT2D eigenvalue weighted by molar-refractivity contribution is 5.87. The molecule has 12 nitrogen and oxygen atoms in total. The normalized spacial score (nSPS) is 10.6. The number of carbonyl (C=O) groups is 4. The van der Waals surface area contributed by atoms with Crippen molar-refractivity contribution < 1.29 is 48.1 Å². The number of carboxylic acid groups (broad SMARTS) is 1.